The van der Waals surface area contributed by atoms with Gasteiger partial charge >= 0.3 is 5.97 Å². The van der Waals surface area contributed by atoms with Crippen LogP contribution in [-0.4, -0.2) is 52.3 Å². The minimum absolute atomic E-state index is 0.204. The van der Waals surface area contributed by atoms with Gasteiger partial charge in [-0.3, -0.25) is 14.4 Å². The van der Waals surface area contributed by atoms with Crippen LogP contribution in [0, 0.1) is 0 Å². The van der Waals surface area contributed by atoms with E-state index in [4.69, 9.17) is 18.9 Å². The first-order valence-corrected chi connectivity index (χ1v) is 9.93. The highest BCUT2D eigenvalue weighted by Crippen LogP contribution is 2.38. The summed E-state index contributed by atoms with van der Waals surface area (Å²) in [5.41, 5.74) is 1.85. The highest BCUT2D eigenvalue weighted by atomic mass is 16.5. The molecule has 2 aromatic carbocycles. The third-order valence-electron chi connectivity index (χ3n) is 4.54. The second kappa shape index (κ2) is 11.6. The number of hydrogen-bond acceptors (Lipinski definition) is 7. The maximum atomic E-state index is 12.4. The van der Waals surface area contributed by atoms with Crippen LogP contribution in [0.1, 0.15) is 35.7 Å². The van der Waals surface area contributed by atoms with Crippen molar-refractivity contribution in [3.63, 3.8) is 0 Å². The van der Waals surface area contributed by atoms with Gasteiger partial charge < -0.3 is 29.6 Å². The summed E-state index contributed by atoms with van der Waals surface area (Å²) in [5.74, 6) is -0.594. The zero-order chi connectivity index (χ0) is 23.7. The number of carbonyl (C=O) groups is 3. The van der Waals surface area contributed by atoms with Gasteiger partial charge in [0, 0.05) is 11.3 Å². The van der Waals surface area contributed by atoms with Gasteiger partial charge in [-0.15, -0.1) is 0 Å². The molecule has 0 aliphatic heterocycles. The van der Waals surface area contributed by atoms with Crippen LogP contribution in [0.15, 0.2) is 36.4 Å². The Morgan fingerprint density at radius 3 is 2.12 bits per heavy atom. The number of benzene rings is 2. The van der Waals surface area contributed by atoms with E-state index in [0.717, 1.165) is 5.56 Å². The Morgan fingerprint density at radius 1 is 0.938 bits per heavy atom. The summed E-state index contributed by atoms with van der Waals surface area (Å²) in [6.45, 7) is 3.15. The normalized spacial score (nSPS) is 10.3. The summed E-state index contributed by atoms with van der Waals surface area (Å²) in [5, 5.41) is 5.17. The van der Waals surface area contributed by atoms with E-state index < -0.39 is 30.9 Å². The zero-order valence-corrected chi connectivity index (χ0v) is 18.8. The molecule has 9 heteroatoms. The fraction of sp³-hybridized carbons (Fsp3) is 0.348. The first kappa shape index (κ1) is 24.5. The third kappa shape index (κ3) is 6.37. The largest absolute Gasteiger partial charge is 0.493 e. The molecule has 9 nitrogen and oxygen atoms in total. The Hall–Kier alpha value is -3.75. The van der Waals surface area contributed by atoms with Crippen LogP contribution in [0.5, 0.6) is 17.2 Å². The number of para-hydroxylation sites is 1. The Bertz CT molecular complexity index is 948. The quantitative estimate of drug-likeness (QED) is 0.542. The van der Waals surface area contributed by atoms with Crippen molar-refractivity contribution in [2.45, 2.75) is 19.8 Å². The number of nitrogens with one attached hydrogen (secondary N) is 2. The van der Waals surface area contributed by atoms with Gasteiger partial charge in [-0.2, -0.15) is 0 Å². The van der Waals surface area contributed by atoms with E-state index >= 15 is 0 Å². The number of amides is 2. The topological polar surface area (TPSA) is 112 Å². The number of esters is 1. The molecule has 0 fully saturated rings. The molecule has 2 amide bonds. The maximum absolute atomic E-state index is 12.4. The average Bonchev–Trinajstić information content (AvgIpc) is 2.80. The van der Waals surface area contributed by atoms with E-state index in [1.807, 2.05) is 32.0 Å². The van der Waals surface area contributed by atoms with E-state index in [0.29, 0.717) is 22.9 Å². The molecule has 0 saturated heterocycles. The van der Waals surface area contributed by atoms with Gasteiger partial charge in [-0.1, -0.05) is 32.0 Å². The Labute approximate surface area is 187 Å². The van der Waals surface area contributed by atoms with E-state index in [-0.39, 0.29) is 11.5 Å². The highest BCUT2D eigenvalue weighted by molar-refractivity contribution is 5.97. The van der Waals surface area contributed by atoms with Crippen molar-refractivity contribution in [1.82, 2.24) is 5.32 Å². The number of carbonyl (C=O) groups excluding carboxylic acids is 3. The molecule has 172 valence electrons. The van der Waals surface area contributed by atoms with Crippen LogP contribution in [0.25, 0.3) is 0 Å². The van der Waals surface area contributed by atoms with E-state index in [9.17, 15) is 14.4 Å². The van der Waals surface area contributed by atoms with Gasteiger partial charge in [-0.05, 0) is 29.7 Å². The van der Waals surface area contributed by atoms with E-state index in [1.54, 1.807) is 6.07 Å². The highest BCUT2D eigenvalue weighted by Gasteiger charge is 2.18. The number of rotatable bonds is 10. The number of ether oxygens (including phenoxy) is 4. The summed E-state index contributed by atoms with van der Waals surface area (Å²) < 4.78 is 20.6. The lowest BCUT2D eigenvalue weighted by Gasteiger charge is -2.14. The molecule has 2 aromatic rings. The maximum Gasteiger partial charge on any atom is 0.325 e. The van der Waals surface area contributed by atoms with Gasteiger partial charge in [0.15, 0.2) is 18.1 Å². The summed E-state index contributed by atoms with van der Waals surface area (Å²) in [6.07, 6.45) is 0. The van der Waals surface area contributed by atoms with E-state index in [2.05, 4.69) is 10.6 Å². The minimum atomic E-state index is -0.752. The van der Waals surface area contributed by atoms with Gasteiger partial charge in [-0.25, -0.2) is 0 Å². The standard InChI is InChI=1S/C23H28N2O7/c1-14(2)16-8-6-7-9-17(16)25-20(26)13-32-21(27)12-24-23(28)15-10-18(29-3)22(31-5)19(11-15)30-4/h6-11,14H,12-13H2,1-5H3,(H,24,28)(H,25,26). The molecule has 32 heavy (non-hydrogen) atoms. The number of methoxy groups -OCH3 is 3. The molecule has 0 spiro atoms. The lowest BCUT2D eigenvalue weighted by atomic mass is 10.0. The number of anilines is 1. The van der Waals surface area contributed by atoms with E-state index in [1.165, 1.54) is 33.5 Å². The van der Waals surface area contributed by atoms with Crippen molar-refractivity contribution in [3.05, 3.63) is 47.5 Å². The predicted octanol–water partition coefficient (Wildman–Crippen LogP) is 2.75. The molecule has 0 aliphatic rings. The molecular formula is C23H28N2O7. The van der Waals surface area contributed by atoms with Crippen LogP contribution in [0.3, 0.4) is 0 Å². The van der Waals surface area contributed by atoms with Crippen molar-refractivity contribution in [2.75, 3.05) is 39.8 Å². The summed E-state index contributed by atoms with van der Waals surface area (Å²) in [4.78, 5) is 36.5. The van der Waals surface area contributed by atoms with Crippen LogP contribution in [0.2, 0.25) is 0 Å². The van der Waals surface area contributed by atoms with Crippen LogP contribution < -0.4 is 24.8 Å². The Morgan fingerprint density at radius 2 is 1.56 bits per heavy atom. The van der Waals surface area contributed by atoms with Crippen molar-refractivity contribution in [1.29, 1.82) is 0 Å². The molecule has 0 bridgehead atoms. The first-order valence-electron chi connectivity index (χ1n) is 9.93. The second-order valence-electron chi connectivity index (χ2n) is 7.05. The molecule has 0 saturated carbocycles. The predicted molar refractivity (Wildman–Crippen MR) is 119 cm³/mol. The molecule has 0 atom stereocenters. The smallest absolute Gasteiger partial charge is 0.325 e. The fourth-order valence-electron chi connectivity index (χ4n) is 2.96. The van der Waals surface area contributed by atoms with Gasteiger partial charge in [0.1, 0.15) is 6.54 Å². The van der Waals surface area contributed by atoms with Crippen LogP contribution in [-0.2, 0) is 14.3 Å². The summed E-state index contributed by atoms with van der Waals surface area (Å²) in [7, 11) is 4.32. The van der Waals surface area contributed by atoms with Gasteiger partial charge in [0.2, 0.25) is 5.75 Å². The average molecular weight is 444 g/mol. The van der Waals surface area contributed by atoms with Crippen LogP contribution in [0.4, 0.5) is 5.69 Å². The van der Waals surface area contributed by atoms with Crippen molar-refractivity contribution in [2.24, 2.45) is 0 Å². The molecule has 0 radical (unpaired) electrons. The molecule has 0 heterocycles. The lowest BCUT2D eigenvalue weighted by molar-refractivity contribution is -0.146. The van der Waals surface area contributed by atoms with Gasteiger partial charge in [0.05, 0.1) is 21.3 Å². The monoisotopic (exact) mass is 444 g/mol. The lowest BCUT2D eigenvalue weighted by Crippen LogP contribution is -2.32. The number of hydrogen-bond donors (Lipinski definition) is 2. The van der Waals surface area contributed by atoms with Crippen molar-refractivity contribution >= 4 is 23.5 Å². The molecule has 0 unspecified atom stereocenters. The first-order chi connectivity index (χ1) is 15.3. The Balaban J connectivity index is 1.89. The third-order valence-corrected chi connectivity index (χ3v) is 4.54. The second-order valence-corrected chi connectivity index (χ2v) is 7.05. The van der Waals surface area contributed by atoms with Crippen molar-refractivity contribution < 1.29 is 33.3 Å². The summed E-state index contributed by atoms with van der Waals surface area (Å²) in [6, 6.07) is 10.3. The fourth-order valence-corrected chi connectivity index (χ4v) is 2.96. The molecule has 0 aliphatic carbocycles. The zero-order valence-electron chi connectivity index (χ0n) is 18.8. The molecule has 2 rings (SSSR count). The minimum Gasteiger partial charge on any atom is -0.493 e. The molecular weight excluding hydrogens is 416 g/mol. The Kier molecular flexibility index (Phi) is 8.88. The SMILES string of the molecule is COc1cc(C(=O)NCC(=O)OCC(=O)Nc2ccccc2C(C)C)cc(OC)c1OC. The van der Waals surface area contributed by atoms with Gasteiger partial charge in [0.25, 0.3) is 11.8 Å². The molecule has 0 aromatic heterocycles. The van der Waals surface area contributed by atoms with Crippen molar-refractivity contribution in [3.8, 4) is 17.2 Å². The van der Waals surface area contributed by atoms with Crippen LogP contribution >= 0.6 is 0 Å². The molecule has 2 N–H and O–H groups in total. The summed E-state index contributed by atoms with van der Waals surface area (Å²) >= 11 is 0.